The lowest BCUT2D eigenvalue weighted by molar-refractivity contribution is -0.125. The van der Waals surface area contributed by atoms with Gasteiger partial charge in [0, 0.05) is 37.0 Å². The summed E-state index contributed by atoms with van der Waals surface area (Å²) in [6.07, 6.45) is 1.71. The van der Waals surface area contributed by atoms with Crippen molar-refractivity contribution in [3.63, 3.8) is 0 Å². The van der Waals surface area contributed by atoms with E-state index >= 15 is 0 Å². The number of hydrogen-bond acceptors (Lipinski definition) is 7. The summed E-state index contributed by atoms with van der Waals surface area (Å²) in [5.74, 6) is 2.10. The van der Waals surface area contributed by atoms with E-state index in [0.29, 0.717) is 6.54 Å². The molecule has 0 radical (unpaired) electrons. The lowest BCUT2D eigenvalue weighted by Crippen LogP contribution is -2.42. The second-order valence-electron chi connectivity index (χ2n) is 8.17. The number of thiophene rings is 2. The van der Waals surface area contributed by atoms with E-state index in [1.807, 2.05) is 20.2 Å². The molecule has 4 rings (SSSR count). The largest absolute Gasteiger partial charge is 0.356 e. The van der Waals surface area contributed by atoms with Gasteiger partial charge in [0.15, 0.2) is 5.82 Å². The summed E-state index contributed by atoms with van der Waals surface area (Å²) in [5.41, 5.74) is 1.27. The predicted octanol–water partition coefficient (Wildman–Crippen LogP) is 3.93. The van der Waals surface area contributed by atoms with Crippen molar-refractivity contribution >= 4 is 44.6 Å². The molecule has 8 heteroatoms. The minimum Gasteiger partial charge on any atom is -0.356 e. The molecular weight excluding hydrogens is 414 g/mol. The molecule has 1 aliphatic rings. The molecule has 1 aliphatic heterocycles. The summed E-state index contributed by atoms with van der Waals surface area (Å²) >= 11 is 3.41. The van der Waals surface area contributed by atoms with Crippen molar-refractivity contribution in [3.8, 4) is 10.7 Å². The van der Waals surface area contributed by atoms with Gasteiger partial charge in [0.1, 0.15) is 10.6 Å². The number of aryl methyl sites for hydroxylation is 2. The monoisotopic (exact) mass is 443 g/mol. The van der Waals surface area contributed by atoms with Crippen molar-refractivity contribution in [2.24, 2.45) is 5.92 Å². The normalized spacial score (nSPS) is 15.3. The fraction of sp³-hybridized carbons (Fsp3) is 0.500. The standard InChI is InChI=1S/C22H29N5OS2/c1-14-15(2)30-22-18(14)20(24-19(25-22)17-6-5-13-29-17)27-10-7-16(8-11-27)21(28)23-9-12-26(3)4/h5-6,13,16H,7-12H2,1-4H3,(H,23,28). The van der Waals surface area contributed by atoms with Crippen molar-refractivity contribution in [1.29, 1.82) is 0 Å². The van der Waals surface area contributed by atoms with Gasteiger partial charge in [-0.15, -0.1) is 22.7 Å². The Balaban J connectivity index is 1.54. The van der Waals surface area contributed by atoms with Crippen molar-refractivity contribution in [3.05, 3.63) is 28.0 Å². The molecule has 1 N–H and O–H groups in total. The van der Waals surface area contributed by atoms with E-state index in [1.165, 1.54) is 15.8 Å². The number of amides is 1. The Morgan fingerprint density at radius 1 is 1.27 bits per heavy atom. The zero-order valence-corrected chi connectivity index (χ0v) is 19.7. The van der Waals surface area contributed by atoms with Crippen LogP contribution >= 0.6 is 22.7 Å². The molecule has 3 aromatic rings. The minimum absolute atomic E-state index is 0.0859. The Kier molecular flexibility index (Phi) is 6.36. The Labute approximate surface area is 185 Å². The van der Waals surface area contributed by atoms with Crippen LogP contribution in [0.2, 0.25) is 0 Å². The second kappa shape index (κ2) is 8.99. The van der Waals surface area contributed by atoms with Crippen LogP contribution in [0.15, 0.2) is 17.5 Å². The molecule has 0 unspecified atom stereocenters. The number of aromatic nitrogens is 2. The molecule has 160 valence electrons. The molecule has 0 spiro atoms. The number of anilines is 1. The number of rotatable bonds is 6. The summed E-state index contributed by atoms with van der Waals surface area (Å²) in [7, 11) is 4.04. The molecule has 0 atom stereocenters. The molecule has 1 amide bonds. The molecule has 1 fully saturated rings. The number of piperidine rings is 1. The number of carbonyl (C=O) groups is 1. The molecule has 4 heterocycles. The van der Waals surface area contributed by atoms with Gasteiger partial charge in [0.2, 0.25) is 5.91 Å². The highest BCUT2D eigenvalue weighted by Crippen LogP contribution is 2.38. The quantitative estimate of drug-likeness (QED) is 0.625. The van der Waals surface area contributed by atoms with Crippen molar-refractivity contribution in [1.82, 2.24) is 20.2 Å². The third-order valence-corrected chi connectivity index (χ3v) is 7.74. The van der Waals surface area contributed by atoms with Crippen LogP contribution in [0.25, 0.3) is 20.9 Å². The Morgan fingerprint density at radius 3 is 2.70 bits per heavy atom. The van der Waals surface area contributed by atoms with Gasteiger partial charge in [0.05, 0.1) is 10.3 Å². The van der Waals surface area contributed by atoms with Gasteiger partial charge in [-0.25, -0.2) is 9.97 Å². The Bertz CT molecular complexity index is 1020. The maximum atomic E-state index is 12.5. The minimum atomic E-state index is 0.0859. The van der Waals surface area contributed by atoms with E-state index in [4.69, 9.17) is 9.97 Å². The average molecular weight is 444 g/mol. The molecule has 0 bridgehead atoms. The highest BCUT2D eigenvalue weighted by Gasteiger charge is 2.28. The average Bonchev–Trinajstić information content (AvgIpc) is 3.36. The fourth-order valence-electron chi connectivity index (χ4n) is 3.87. The zero-order chi connectivity index (χ0) is 21.3. The first-order valence-electron chi connectivity index (χ1n) is 10.4. The molecule has 6 nitrogen and oxygen atoms in total. The van der Waals surface area contributed by atoms with E-state index in [2.05, 4.69) is 40.4 Å². The first-order chi connectivity index (χ1) is 14.4. The van der Waals surface area contributed by atoms with Gasteiger partial charge < -0.3 is 15.1 Å². The number of fused-ring (bicyclic) bond motifs is 1. The summed E-state index contributed by atoms with van der Waals surface area (Å²) in [6.45, 7) is 7.57. The van der Waals surface area contributed by atoms with Crippen LogP contribution in [0.3, 0.4) is 0 Å². The van der Waals surface area contributed by atoms with Gasteiger partial charge in [0.25, 0.3) is 0 Å². The fourth-order valence-corrected chi connectivity index (χ4v) is 5.56. The van der Waals surface area contributed by atoms with E-state index < -0.39 is 0 Å². The van der Waals surface area contributed by atoms with Gasteiger partial charge in [-0.2, -0.15) is 0 Å². The Hall–Kier alpha value is -2.03. The highest BCUT2D eigenvalue weighted by molar-refractivity contribution is 7.19. The molecule has 1 saturated heterocycles. The second-order valence-corrected chi connectivity index (χ2v) is 10.3. The molecule has 30 heavy (non-hydrogen) atoms. The smallest absolute Gasteiger partial charge is 0.223 e. The van der Waals surface area contributed by atoms with Crippen LogP contribution in [-0.4, -0.2) is 61.0 Å². The number of hydrogen-bond donors (Lipinski definition) is 1. The molecule has 0 aliphatic carbocycles. The van der Waals surface area contributed by atoms with Crippen LogP contribution < -0.4 is 10.2 Å². The predicted molar refractivity (Wildman–Crippen MR) is 127 cm³/mol. The van der Waals surface area contributed by atoms with E-state index in [1.54, 1.807) is 22.7 Å². The van der Waals surface area contributed by atoms with Crippen LogP contribution in [-0.2, 0) is 4.79 Å². The van der Waals surface area contributed by atoms with Crippen molar-refractivity contribution < 1.29 is 4.79 Å². The first kappa shape index (κ1) is 21.2. The molecule has 0 saturated carbocycles. The van der Waals surface area contributed by atoms with Gasteiger partial charge >= 0.3 is 0 Å². The van der Waals surface area contributed by atoms with Crippen LogP contribution in [0.1, 0.15) is 23.3 Å². The summed E-state index contributed by atoms with van der Waals surface area (Å²) in [6, 6.07) is 4.12. The maximum absolute atomic E-state index is 12.5. The third kappa shape index (κ3) is 4.36. The first-order valence-corrected chi connectivity index (χ1v) is 12.1. The van der Waals surface area contributed by atoms with E-state index in [-0.39, 0.29) is 11.8 Å². The van der Waals surface area contributed by atoms with Gasteiger partial charge in [-0.05, 0) is 57.8 Å². The topological polar surface area (TPSA) is 61.4 Å². The van der Waals surface area contributed by atoms with E-state index in [9.17, 15) is 4.79 Å². The SMILES string of the molecule is Cc1sc2nc(-c3cccs3)nc(N3CCC(C(=O)NCCN(C)C)CC3)c2c1C. The maximum Gasteiger partial charge on any atom is 0.223 e. The highest BCUT2D eigenvalue weighted by atomic mass is 32.1. The van der Waals surface area contributed by atoms with Crippen LogP contribution in [0.4, 0.5) is 5.82 Å². The summed E-state index contributed by atoms with van der Waals surface area (Å²) in [4.78, 5) is 30.3. The van der Waals surface area contributed by atoms with Gasteiger partial charge in [-0.3, -0.25) is 4.79 Å². The van der Waals surface area contributed by atoms with Crippen molar-refractivity contribution in [2.45, 2.75) is 26.7 Å². The van der Waals surface area contributed by atoms with E-state index in [0.717, 1.165) is 53.8 Å². The molecule has 0 aromatic carbocycles. The summed E-state index contributed by atoms with van der Waals surface area (Å²) < 4.78 is 0. The number of nitrogens with one attached hydrogen (secondary N) is 1. The van der Waals surface area contributed by atoms with Crippen LogP contribution in [0, 0.1) is 19.8 Å². The number of carbonyl (C=O) groups excluding carboxylic acids is 1. The number of likely N-dealkylation sites (N-methyl/N-ethyl adjacent to an activating group) is 1. The lowest BCUT2D eigenvalue weighted by atomic mass is 9.95. The lowest BCUT2D eigenvalue weighted by Gasteiger charge is -2.33. The zero-order valence-electron chi connectivity index (χ0n) is 18.1. The number of nitrogens with zero attached hydrogens (tertiary/aromatic N) is 4. The van der Waals surface area contributed by atoms with Crippen molar-refractivity contribution in [2.75, 3.05) is 45.2 Å². The van der Waals surface area contributed by atoms with Crippen LogP contribution in [0.5, 0.6) is 0 Å². The van der Waals surface area contributed by atoms with Gasteiger partial charge in [-0.1, -0.05) is 6.07 Å². The molecular formula is C22H29N5OS2. The molecule has 3 aromatic heterocycles. The Morgan fingerprint density at radius 2 is 2.03 bits per heavy atom. The third-order valence-electron chi connectivity index (χ3n) is 5.77. The summed E-state index contributed by atoms with van der Waals surface area (Å²) in [5, 5.41) is 6.32.